The lowest BCUT2D eigenvalue weighted by Crippen LogP contribution is -1.92. The van der Waals surface area contributed by atoms with Crippen molar-refractivity contribution in [2.24, 2.45) is 0 Å². The van der Waals surface area contributed by atoms with Crippen molar-refractivity contribution in [1.29, 1.82) is 0 Å². The molecule has 1 aromatic heterocycles. The van der Waals surface area contributed by atoms with Gasteiger partial charge in [0.1, 0.15) is 11.5 Å². The summed E-state index contributed by atoms with van der Waals surface area (Å²) in [5, 5.41) is 11.1. The molecule has 21 heavy (non-hydrogen) atoms. The number of thiophene rings is 1. The summed E-state index contributed by atoms with van der Waals surface area (Å²) in [6, 6.07) is 8.03. The van der Waals surface area contributed by atoms with Crippen LogP contribution < -0.4 is 9.47 Å². The maximum Gasteiger partial charge on any atom is 0.323 e. The number of carbonyl (C=O) groups excluding carboxylic acids is 1. The van der Waals surface area contributed by atoms with Gasteiger partial charge in [-0.25, -0.2) is 0 Å². The molecule has 6 nitrogen and oxygen atoms in total. The highest BCUT2D eigenvalue weighted by Gasteiger charge is 2.23. The summed E-state index contributed by atoms with van der Waals surface area (Å²) in [6.07, 6.45) is 0. The molecule has 0 amide bonds. The fraction of sp³-hybridized carbons (Fsp3) is 0.214. The molecule has 0 aliphatic rings. The van der Waals surface area contributed by atoms with Crippen molar-refractivity contribution in [3.05, 3.63) is 45.3 Å². The molecular formula is C14H13NO5S. The van der Waals surface area contributed by atoms with Crippen LogP contribution in [-0.2, 0) is 0 Å². The predicted octanol–water partition coefficient (Wildman–Crippen LogP) is 4.05. The number of hydrogen-bond acceptors (Lipinski definition) is 6. The van der Waals surface area contributed by atoms with E-state index in [1.807, 2.05) is 6.92 Å². The lowest BCUT2D eigenvalue weighted by molar-refractivity contribution is -0.385. The number of Topliss-reactive ketones (excluding diaryl/α,β-unsaturated/α-hetero) is 1. The highest BCUT2D eigenvalue weighted by molar-refractivity contribution is 7.16. The SMILES string of the molecule is CCOc1cccc(Oc2sc(C(C)=O)cc2[N+](=O)[O-])c1. The van der Waals surface area contributed by atoms with Crippen molar-refractivity contribution in [2.75, 3.05) is 6.61 Å². The third-order valence-corrected chi connectivity index (χ3v) is 3.65. The van der Waals surface area contributed by atoms with Crippen molar-refractivity contribution >= 4 is 22.8 Å². The van der Waals surface area contributed by atoms with Crippen molar-refractivity contribution < 1.29 is 19.2 Å². The Morgan fingerprint density at radius 1 is 1.33 bits per heavy atom. The lowest BCUT2D eigenvalue weighted by Gasteiger charge is -2.06. The zero-order valence-electron chi connectivity index (χ0n) is 11.5. The van der Waals surface area contributed by atoms with E-state index in [1.54, 1.807) is 24.3 Å². The molecule has 0 saturated carbocycles. The molecule has 7 heteroatoms. The second-order valence-electron chi connectivity index (χ2n) is 4.11. The molecule has 2 rings (SSSR count). The molecule has 0 unspecified atom stereocenters. The van der Waals surface area contributed by atoms with Gasteiger partial charge >= 0.3 is 5.69 Å². The van der Waals surface area contributed by atoms with Gasteiger partial charge in [-0.1, -0.05) is 17.4 Å². The molecule has 2 aromatic rings. The van der Waals surface area contributed by atoms with Crippen LogP contribution in [0.25, 0.3) is 0 Å². The van der Waals surface area contributed by atoms with E-state index in [9.17, 15) is 14.9 Å². The second-order valence-corrected chi connectivity index (χ2v) is 5.12. The number of nitro groups is 1. The maximum absolute atomic E-state index is 11.3. The quantitative estimate of drug-likeness (QED) is 0.457. The van der Waals surface area contributed by atoms with Gasteiger partial charge in [-0.3, -0.25) is 14.9 Å². The fourth-order valence-electron chi connectivity index (χ4n) is 1.64. The van der Waals surface area contributed by atoms with E-state index in [4.69, 9.17) is 9.47 Å². The first-order valence-electron chi connectivity index (χ1n) is 6.21. The summed E-state index contributed by atoms with van der Waals surface area (Å²) in [7, 11) is 0. The Morgan fingerprint density at radius 2 is 2.05 bits per heavy atom. The average Bonchev–Trinajstić information content (AvgIpc) is 2.84. The van der Waals surface area contributed by atoms with E-state index in [1.165, 1.54) is 13.0 Å². The Bertz CT molecular complexity index is 680. The third kappa shape index (κ3) is 3.57. The molecule has 0 saturated heterocycles. The zero-order chi connectivity index (χ0) is 15.4. The van der Waals surface area contributed by atoms with Gasteiger partial charge in [-0.2, -0.15) is 0 Å². The number of rotatable bonds is 6. The molecule has 0 aliphatic carbocycles. The smallest absolute Gasteiger partial charge is 0.323 e. The Balaban J connectivity index is 2.32. The molecule has 110 valence electrons. The van der Waals surface area contributed by atoms with Gasteiger partial charge in [0.2, 0.25) is 0 Å². The van der Waals surface area contributed by atoms with Gasteiger partial charge in [-0.05, 0) is 26.0 Å². The van der Waals surface area contributed by atoms with Crippen LogP contribution >= 0.6 is 11.3 Å². The molecule has 0 N–H and O–H groups in total. The first-order valence-corrected chi connectivity index (χ1v) is 7.02. The first kappa shape index (κ1) is 15.0. The highest BCUT2D eigenvalue weighted by atomic mass is 32.1. The van der Waals surface area contributed by atoms with Crippen LogP contribution in [0.2, 0.25) is 0 Å². The van der Waals surface area contributed by atoms with Crippen LogP contribution in [0, 0.1) is 10.1 Å². The van der Waals surface area contributed by atoms with Gasteiger partial charge in [-0.15, -0.1) is 0 Å². The standard InChI is InChI=1S/C14H13NO5S/c1-3-19-10-5-4-6-11(7-10)20-14-12(15(17)18)8-13(21-14)9(2)16/h4-8H,3H2,1-2H3. The minimum Gasteiger partial charge on any atom is -0.494 e. The maximum atomic E-state index is 11.3. The van der Waals surface area contributed by atoms with Gasteiger partial charge in [0.15, 0.2) is 5.78 Å². The lowest BCUT2D eigenvalue weighted by atomic mass is 10.3. The van der Waals surface area contributed by atoms with Crippen molar-refractivity contribution in [3.63, 3.8) is 0 Å². The van der Waals surface area contributed by atoms with Crippen molar-refractivity contribution in [3.8, 4) is 16.6 Å². The predicted molar refractivity (Wildman–Crippen MR) is 78.7 cm³/mol. The molecule has 1 aromatic carbocycles. The average molecular weight is 307 g/mol. The Hall–Kier alpha value is -2.41. The molecule has 0 radical (unpaired) electrons. The Labute approximate surface area is 125 Å². The monoisotopic (exact) mass is 307 g/mol. The summed E-state index contributed by atoms with van der Waals surface area (Å²) >= 11 is 0.956. The Morgan fingerprint density at radius 3 is 2.67 bits per heavy atom. The highest BCUT2D eigenvalue weighted by Crippen LogP contribution is 2.40. The minimum absolute atomic E-state index is 0.0823. The van der Waals surface area contributed by atoms with Crippen molar-refractivity contribution in [1.82, 2.24) is 0 Å². The summed E-state index contributed by atoms with van der Waals surface area (Å²) in [5.74, 6) is 0.794. The summed E-state index contributed by atoms with van der Waals surface area (Å²) < 4.78 is 10.9. The molecule has 0 bridgehead atoms. The van der Waals surface area contributed by atoms with Crippen LogP contribution in [0.15, 0.2) is 30.3 Å². The number of benzene rings is 1. The first-order chi connectivity index (χ1) is 10.0. The fourth-order valence-corrected chi connectivity index (χ4v) is 2.53. The normalized spacial score (nSPS) is 10.2. The molecule has 0 aliphatic heterocycles. The zero-order valence-corrected chi connectivity index (χ0v) is 12.3. The molecule has 0 fully saturated rings. The second kappa shape index (κ2) is 6.36. The van der Waals surface area contributed by atoms with Crippen LogP contribution in [0.4, 0.5) is 5.69 Å². The number of ketones is 1. The molecule has 1 heterocycles. The van der Waals surface area contributed by atoms with E-state index < -0.39 is 4.92 Å². The summed E-state index contributed by atoms with van der Waals surface area (Å²) in [5.41, 5.74) is -0.216. The van der Waals surface area contributed by atoms with E-state index in [-0.39, 0.29) is 21.4 Å². The largest absolute Gasteiger partial charge is 0.494 e. The van der Waals surface area contributed by atoms with E-state index in [0.29, 0.717) is 18.1 Å². The molecule has 0 atom stereocenters. The van der Waals surface area contributed by atoms with Crippen molar-refractivity contribution in [2.45, 2.75) is 13.8 Å². The number of carbonyl (C=O) groups is 1. The van der Waals surface area contributed by atoms with Crippen LogP contribution in [0.1, 0.15) is 23.5 Å². The Kier molecular flexibility index (Phi) is 4.54. The van der Waals surface area contributed by atoms with Gasteiger partial charge < -0.3 is 9.47 Å². The minimum atomic E-state index is -0.565. The number of ether oxygens (including phenoxy) is 2. The van der Waals surface area contributed by atoms with Gasteiger partial charge in [0.05, 0.1) is 16.4 Å². The van der Waals surface area contributed by atoms with Crippen LogP contribution in [0.5, 0.6) is 16.6 Å². The van der Waals surface area contributed by atoms with E-state index >= 15 is 0 Å². The number of hydrogen-bond donors (Lipinski definition) is 0. The molecule has 0 spiro atoms. The van der Waals surface area contributed by atoms with Crippen LogP contribution in [-0.4, -0.2) is 17.3 Å². The molecular weight excluding hydrogens is 294 g/mol. The number of nitrogens with zero attached hydrogens (tertiary/aromatic N) is 1. The summed E-state index contributed by atoms with van der Waals surface area (Å²) in [6.45, 7) is 3.73. The third-order valence-electron chi connectivity index (χ3n) is 2.55. The van der Waals surface area contributed by atoms with E-state index in [0.717, 1.165) is 11.3 Å². The van der Waals surface area contributed by atoms with Gasteiger partial charge in [0, 0.05) is 12.1 Å². The van der Waals surface area contributed by atoms with Gasteiger partial charge in [0.25, 0.3) is 5.06 Å². The topological polar surface area (TPSA) is 78.7 Å². The van der Waals surface area contributed by atoms with E-state index in [2.05, 4.69) is 0 Å². The van der Waals surface area contributed by atoms with Crippen LogP contribution in [0.3, 0.4) is 0 Å². The summed E-state index contributed by atoms with van der Waals surface area (Å²) in [4.78, 5) is 22.1.